The summed E-state index contributed by atoms with van der Waals surface area (Å²) in [6.07, 6.45) is 0. The van der Waals surface area contributed by atoms with Crippen LogP contribution in [0.15, 0.2) is 54.6 Å². The van der Waals surface area contributed by atoms with E-state index in [9.17, 15) is 14.7 Å². The van der Waals surface area contributed by atoms with Crippen molar-refractivity contribution in [2.75, 3.05) is 0 Å². The van der Waals surface area contributed by atoms with Crippen LogP contribution < -0.4 is 16.0 Å². The number of ether oxygens (including phenoxy) is 1. The Balaban J connectivity index is 2.08. The molecule has 0 saturated heterocycles. The average molecular weight is 357 g/mol. The molecule has 0 aliphatic heterocycles. The highest BCUT2D eigenvalue weighted by atomic mass is 35.5. The van der Waals surface area contributed by atoms with Crippen LogP contribution in [0, 0.1) is 0 Å². The smallest absolute Gasteiger partial charge is 0.343 e. The first kappa shape index (κ1) is 16.8. The van der Waals surface area contributed by atoms with Gasteiger partial charge in [0.05, 0.1) is 16.1 Å². The van der Waals surface area contributed by atoms with E-state index in [1.54, 1.807) is 18.2 Å². The molecule has 0 fully saturated rings. The third kappa shape index (κ3) is 3.26. The lowest BCUT2D eigenvalue weighted by atomic mass is 10.0. The number of hydrogen-bond acceptors (Lipinski definition) is 5. The Morgan fingerprint density at radius 3 is 2.56 bits per heavy atom. The van der Waals surface area contributed by atoms with E-state index in [0.717, 1.165) is 5.39 Å². The number of nitrogen functional groups attached to an aromatic ring is 1. The molecule has 0 aliphatic carbocycles. The molecule has 126 valence electrons. The molecule has 3 aromatic rings. The highest BCUT2D eigenvalue weighted by Gasteiger charge is 2.19. The van der Waals surface area contributed by atoms with E-state index in [1.165, 1.54) is 24.3 Å². The maximum atomic E-state index is 12.5. The van der Waals surface area contributed by atoms with Crippen LogP contribution in [0.25, 0.3) is 10.8 Å². The van der Waals surface area contributed by atoms with Crippen molar-refractivity contribution in [3.8, 4) is 11.5 Å². The zero-order valence-electron chi connectivity index (χ0n) is 12.8. The number of phenols is 1. The Morgan fingerprint density at radius 2 is 1.84 bits per heavy atom. The quantitative estimate of drug-likeness (QED) is 0.220. The van der Waals surface area contributed by atoms with Gasteiger partial charge in [0.25, 0.3) is 5.91 Å². The molecule has 0 radical (unpaired) electrons. The van der Waals surface area contributed by atoms with Crippen molar-refractivity contribution in [1.29, 1.82) is 0 Å². The Morgan fingerprint density at radius 1 is 1.08 bits per heavy atom. The second-order valence-electron chi connectivity index (χ2n) is 5.19. The highest BCUT2D eigenvalue weighted by molar-refractivity contribution is 6.32. The monoisotopic (exact) mass is 356 g/mol. The first-order chi connectivity index (χ1) is 12.0. The van der Waals surface area contributed by atoms with E-state index < -0.39 is 11.9 Å². The number of esters is 1. The molecule has 0 atom stereocenters. The Kier molecular flexibility index (Phi) is 4.56. The molecule has 0 heterocycles. The largest absolute Gasteiger partial charge is 0.506 e. The molecule has 7 heteroatoms. The maximum absolute atomic E-state index is 12.5. The Bertz CT molecular complexity index is 988. The first-order valence-corrected chi connectivity index (χ1v) is 7.62. The van der Waals surface area contributed by atoms with Crippen LogP contribution in [0.2, 0.25) is 5.02 Å². The second kappa shape index (κ2) is 6.80. The van der Waals surface area contributed by atoms with Gasteiger partial charge in [-0.25, -0.2) is 10.6 Å². The zero-order valence-corrected chi connectivity index (χ0v) is 13.6. The summed E-state index contributed by atoms with van der Waals surface area (Å²) in [4.78, 5) is 24.5. The molecular weight excluding hydrogens is 344 g/mol. The molecule has 1 amide bonds. The number of benzene rings is 3. The molecule has 4 N–H and O–H groups in total. The Labute approximate surface area is 147 Å². The summed E-state index contributed by atoms with van der Waals surface area (Å²) >= 11 is 5.82. The summed E-state index contributed by atoms with van der Waals surface area (Å²) in [5.74, 6) is 3.85. The number of carbonyl (C=O) groups is 2. The minimum atomic E-state index is -0.718. The normalized spacial score (nSPS) is 10.5. The number of aromatic hydroxyl groups is 1. The van der Waals surface area contributed by atoms with Gasteiger partial charge in [0.15, 0.2) is 5.75 Å². The summed E-state index contributed by atoms with van der Waals surface area (Å²) in [5.41, 5.74) is 2.29. The fourth-order valence-electron chi connectivity index (χ4n) is 2.40. The number of hydrogen-bond donors (Lipinski definition) is 3. The Hall–Kier alpha value is -3.09. The van der Waals surface area contributed by atoms with Gasteiger partial charge in [-0.15, -0.1) is 0 Å². The van der Waals surface area contributed by atoms with E-state index in [2.05, 4.69) is 0 Å². The highest BCUT2D eigenvalue weighted by Crippen LogP contribution is 2.31. The van der Waals surface area contributed by atoms with Crippen molar-refractivity contribution in [3.63, 3.8) is 0 Å². The van der Waals surface area contributed by atoms with E-state index in [4.69, 9.17) is 22.2 Å². The SMILES string of the molecule is NNC(=O)c1ccc2ccccc2c1OC(=O)c1ccc(O)c(Cl)c1. The molecule has 3 aromatic carbocycles. The third-order valence-electron chi connectivity index (χ3n) is 3.63. The van der Waals surface area contributed by atoms with Crippen molar-refractivity contribution in [3.05, 3.63) is 70.7 Å². The second-order valence-corrected chi connectivity index (χ2v) is 5.60. The van der Waals surface area contributed by atoms with Crippen LogP contribution in [-0.4, -0.2) is 17.0 Å². The summed E-state index contributed by atoms with van der Waals surface area (Å²) in [6, 6.07) is 14.4. The number of amides is 1. The molecule has 0 aromatic heterocycles. The number of rotatable bonds is 3. The van der Waals surface area contributed by atoms with E-state index in [1.807, 2.05) is 17.6 Å². The van der Waals surface area contributed by atoms with E-state index in [-0.39, 0.29) is 27.6 Å². The van der Waals surface area contributed by atoms with Gasteiger partial charge in [0.2, 0.25) is 0 Å². The van der Waals surface area contributed by atoms with Crippen molar-refractivity contribution < 1.29 is 19.4 Å². The molecule has 3 rings (SSSR count). The summed E-state index contributed by atoms with van der Waals surface area (Å²) in [5, 5.41) is 10.9. The van der Waals surface area contributed by atoms with Crippen LogP contribution in [0.1, 0.15) is 20.7 Å². The van der Waals surface area contributed by atoms with Crippen LogP contribution in [0.3, 0.4) is 0 Å². The summed E-state index contributed by atoms with van der Waals surface area (Å²) in [7, 11) is 0. The van der Waals surface area contributed by atoms with Crippen LogP contribution in [0.4, 0.5) is 0 Å². The number of nitrogens with two attached hydrogens (primary N) is 1. The lowest BCUT2D eigenvalue weighted by molar-refractivity contribution is 0.0734. The molecule has 0 bridgehead atoms. The maximum Gasteiger partial charge on any atom is 0.343 e. The van der Waals surface area contributed by atoms with Gasteiger partial charge < -0.3 is 9.84 Å². The molecule has 0 saturated carbocycles. The number of fused-ring (bicyclic) bond motifs is 1. The van der Waals surface area contributed by atoms with Crippen LogP contribution in [-0.2, 0) is 0 Å². The zero-order chi connectivity index (χ0) is 18.0. The third-order valence-corrected chi connectivity index (χ3v) is 3.94. The number of carbonyl (C=O) groups excluding carboxylic acids is 2. The fraction of sp³-hybridized carbons (Fsp3) is 0. The topological polar surface area (TPSA) is 102 Å². The molecule has 0 unspecified atom stereocenters. The molecule has 25 heavy (non-hydrogen) atoms. The number of nitrogens with one attached hydrogen (secondary N) is 1. The van der Waals surface area contributed by atoms with Gasteiger partial charge >= 0.3 is 5.97 Å². The van der Waals surface area contributed by atoms with Crippen LogP contribution in [0.5, 0.6) is 11.5 Å². The van der Waals surface area contributed by atoms with Crippen molar-refractivity contribution >= 4 is 34.2 Å². The first-order valence-electron chi connectivity index (χ1n) is 7.24. The number of phenolic OH excluding ortho intramolecular Hbond substituents is 1. The van der Waals surface area contributed by atoms with Gasteiger partial charge in [0, 0.05) is 5.39 Å². The van der Waals surface area contributed by atoms with Gasteiger partial charge in [0.1, 0.15) is 5.75 Å². The lowest BCUT2D eigenvalue weighted by Gasteiger charge is -2.12. The predicted molar refractivity (Wildman–Crippen MR) is 93.7 cm³/mol. The fourth-order valence-corrected chi connectivity index (χ4v) is 2.58. The molecule has 0 spiro atoms. The minimum absolute atomic E-state index is 0.0206. The van der Waals surface area contributed by atoms with Gasteiger partial charge in [-0.1, -0.05) is 41.9 Å². The number of halogens is 1. The van der Waals surface area contributed by atoms with E-state index >= 15 is 0 Å². The minimum Gasteiger partial charge on any atom is -0.506 e. The van der Waals surface area contributed by atoms with Crippen molar-refractivity contribution in [2.24, 2.45) is 5.84 Å². The standard InChI is InChI=1S/C18H13ClN2O4/c19-14-9-11(6-8-15(14)22)18(24)25-16-12-4-2-1-3-10(12)5-7-13(16)17(23)21-20/h1-9,22H,20H2,(H,21,23). The van der Waals surface area contributed by atoms with Crippen LogP contribution >= 0.6 is 11.6 Å². The average Bonchev–Trinajstić information content (AvgIpc) is 2.63. The molecule has 0 aliphatic rings. The lowest BCUT2D eigenvalue weighted by Crippen LogP contribution is -2.30. The summed E-state index contributed by atoms with van der Waals surface area (Å²) < 4.78 is 5.47. The number of hydrazine groups is 1. The predicted octanol–water partition coefficient (Wildman–Crippen LogP) is 3.02. The van der Waals surface area contributed by atoms with Gasteiger partial charge in [-0.3, -0.25) is 10.2 Å². The van der Waals surface area contributed by atoms with Gasteiger partial charge in [-0.2, -0.15) is 0 Å². The molecular formula is C18H13ClN2O4. The van der Waals surface area contributed by atoms with Crippen molar-refractivity contribution in [2.45, 2.75) is 0 Å². The summed E-state index contributed by atoms with van der Waals surface area (Å²) in [6.45, 7) is 0. The molecule has 6 nitrogen and oxygen atoms in total. The van der Waals surface area contributed by atoms with E-state index in [0.29, 0.717) is 5.39 Å². The van der Waals surface area contributed by atoms with Gasteiger partial charge in [-0.05, 0) is 29.7 Å². The van der Waals surface area contributed by atoms with Crippen molar-refractivity contribution in [1.82, 2.24) is 5.43 Å².